The number of rotatable bonds is 13. The fourth-order valence-electron chi connectivity index (χ4n) is 8.50. The molecule has 3 saturated heterocycles. The van der Waals surface area contributed by atoms with Gasteiger partial charge >= 0.3 is 0 Å². The summed E-state index contributed by atoms with van der Waals surface area (Å²) in [5.74, 6) is -2.72. The van der Waals surface area contributed by atoms with Crippen molar-refractivity contribution in [1.29, 1.82) is 0 Å². The first kappa shape index (κ1) is 33.5. The Morgan fingerprint density at radius 3 is 2.44 bits per heavy atom. The van der Waals surface area contributed by atoms with Gasteiger partial charge in [-0.25, -0.2) is 4.68 Å². The van der Waals surface area contributed by atoms with Crippen LogP contribution in [0.2, 0.25) is 0 Å². The first-order chi connectivity index (χ1) is 23.0. The summed E-state index contributed by atoms with van der Waals surface area (Å²) < 4.78 is 8.68. The van der Waals surface area contributed by atoms with E-state index < -0.39 is 35.1 Å². The molecular weight excluding hydrogens is 608 g/mol. The van der Waals surface area contributed by atoms with E-state index in [4.69, 9.17) is 4.74 Å². The number of carbonyl (C=O) groups excluding carboxylic acids is 3. The number of fused-ring (bicyclic) bond motifs is 2. The van der Waals surface area contributed by atoms with Gasteiger partial charge in [0.15, 0.2) is 0 Å². The van der Waals surface area contributed by atoms with Crippen molar-refractivity contribution in [3.05, 3.63) is 79.9 Å². The second-order valence-electron chi connectivity index (χ2n) is 14.1. The monoisotopic (exact) mass is 654 g/mol. The van der Waals surface area contributed by atoms with Gasteiger partial charge in [0.05, 0.1) is 35.6 Å². The number of hydrogen-bond acceptors (Lipinski definition) is 7. The fraction of sp³-hybridized carbons (Fsp3) is 0.486. The van der Waals surface area contributed by atoms with Gasteiger partial charge in [-0.05, 0) is 55.9 Å². The number of aliphatic hydroxyl groups excluding tert-OH is 1. The minimum atomic E-state index is -1.28. The van der Waals surface area contributed by atoms with Crippen LogP contribution in [0.5, 0.6) is 0 Å². The number of ether oxygens (including phenoxy) is 1. The normalized spacial score (nSPS) is 28.1. The quantitative estimate of drug-likeness (QED) is 0.276. The summed E-state index contributed by atoms with van der Waals surface area (Å²) in [7, 11) is 0. The van der Waals surface area contributed by atoms with Crippen LogP contribution in [0.3, 0.4) is 0 Å². The third-order valence-electron chi connectivity index (χ3n) is 10.6. The summed E-state index contributed by atoms with van der Waals surface area (Å²) >= 11 is 0. The highest BCUT2D eigenvalue weighted by Crippen LogP contribution is 2.66. The van der Waals surface area contributed by atoms with Crippen LogP contribution in [-0.4, -0.2) is 90.6 Å². The number of anilines is 1. The van der Waals surface area contributed by atoms with Crippen molar-refractivity contribution in [1.82, 2.24) is 24.8 Å². The van der Waals surface area contributed by atoms with E-state index in [-0.39, 0.29) is 55.9 Å². The van der Waals surface area contributed by atoms with Gasteiger partial charge in [-0.1, -0.05) is 68.5 Å². The lowest BCUT2D eigenvalue weighted by Crippen LogP contribution is -2.59. The van der Waals surface area contributed by atoms with Crippen LogP contribution in [0.4, 0.5) is 5.69 Å². The van der Waals surface area contributed by atoms with Gasteiger partial charge in [-0.3, -0.25) is 14.4 Å². The molecule has 4 heterocycles. The number of hydrogen-bond donors (Lipinski definition) is 1. The third kappa shape index (κ3) is 5.24. The molecule has 254 valence electrons. The number of aliphatic hydroxyl groups is 1. The molecule has 0 radical (unpaired) electrons. The van der Waals surface area contributed by atoms with E-state index in [0.717, 1.165) is 5.52 Å². The van der Waals surface area contributed by atoms with Crippen molar-refractivity contribution in [2.24, 2.45) is 23.7 Å². The smallest absolute Gasteiger partial charge is 0.250 e. The van der Waals surface area contributed by atoms with E-state index in [0.29, 0.717) is 24.0 Å². The number of carbonyl (C=O) groups is 3. The maximum atomic E-state index is 15.1. The number of amides is 3. The molecule has 3 amide bonds. The maximum Gasteiger partial charge on any atom is 0.250 e. The molecule has 3 aromatic rings. The van der Waals surface area contributed by atoms with Crippen LogP contribution >= 0.6 is 0 Å². The Morgan fingerprint density at radius 1 is 1.08 bits per heavy atom. The molecule has 1 spiro atoms. The van der Waals surface area contributed by atoms with Crippen molar-refractivity contribution in [2.45, 2.75) is 70.5 Å². The number of likely N-dealkylation sites (tertiary alicyclic amines) is 1. The van der Waals surface area contributed by atoms with E-state index in [1.165, 1.54) is 0 Å². The number of nitrogens with zero attached hydrogens (tertiary/aromatic N) is 6. The molecular formula is C37H46N6O5. The molecule has 3 aliphatic rings. The highest BCUT2D eigenvalue weighted by Gasteiger charge is 2.80. The second kappa shape index (κ2) is 12.9. The molecule has 11 nitrogen and oxygen atoms in total. The van der Waals surface area contributed by atoms with Crippen LogP contribution < -0.4 is 4.90 Å². The molecule has 3 fully saturated rings. The number of aromatic nitrogens is 3. The van der Waals surface area contributed by atoms with Gasteiger partial charge in [-0.2, -0.15) is 0 Å². The Morgan fingerprint density at radius 2 is 1.77 bits per heavy atom. The summed E-state index contributed by atoms with van der Waals surface area (Å²) in [6, 6.07) is 15.1. The number of benzene rings is 2. The Kier molecular flexibility index (Phi) is 9.04. The zero-order valence-corrected chi connectivity index (χ0v) is 28.2. The molecule has 3 unspecified atom stereocenters. The lowest BCUT2D eigenvalue weighted by molar-refractivity contribution is -0.157. The third-order valence-corrected chi connectivity index (χ3v) is 10.6. The molecule has 0 aliphatic carbocycles. The van der Waals surface area contributed by atoms with E-state index in [1.54, 1.807) is 31.5 Å². The largest absolute Gasteiger partial charge is 0.394 e. The SMILES string of the molecule is C=CCN(Cn1nnc2ccccc21)C(=O)C1N([C@@H](CO)CC(C)C)C(=O)[C@@H]2[C@@H](C(=O)N(CC=C)c3ccccc3)[C@]3(C)OC12CC3C. The standard InChI is InChI=1S/C37H46N6O5/c1-7-18-40(23-42-29-17-13-12-16-28(29)38-39-42)35(47)32-37-21-25(5)36(6,48-37)30(31(37)34(46)43(32)27(22-44)20-24(3)4)33(45)41(19-8-2)26-14-10-9-11-15-26/h7-17,24-25,27,30-32,44H,1-2,18-23H2,3-6H3/t25?,27-,30+,31+,32?,36-,37?/m1/s1. The lowest BCUT2D eigenvalue weighted by Gasteiger charge is -2.39. The Balaban J connectivity index is 1.46. The van der Waals surface area contributed by atoms with Crippen molar-refractivity contribution >= 4 is 34.4 Å². The van der Waals surface area contributed by atoms with Crippen molar-refractivity contribution in [3.8, 4) is 0 Å². The Labute approximate surface area is 281 Å². The second-order valence-corrected chi connectivity index (χ2v) is 14.1. The molecule has 11 heteroatoms. The molecule has 2 bridgehead atoms. The van der Waals surface area contributed by atoms with E-state index in [9.17, 15) is 14.7 Å². The van der Waals surface area contributed by atoms with Crippen molar-refractivity contribution in [3.63, 3.8) is 0 Å². The number of para-hydroxylation sites is 2. The fourth-order valence-corrected chi connectivity index (χ4v) is 8.50. The van der Waals surface area contributed by atoms with Gasteiger partial charge in [0, 0.05) is 18.8 Å². The first-order valence-corrected chi connectivity index (χ1v) is 16.8. The first-order valence-electron chi connectivity index (χ1n) is 16.8. The van der Waals surface area contributed by atoms with Crippen molar-refractivity contribution in [2.75, 3.05) is 24.6 Å². The molecule has 1 N–H and O–H groups in total. The van der Waals surface area contributed by atoms with Gasteiger partial charge in [-0.15, -0.1) is 18.3 Å². The Bertz CT molecular complexity index is 1710. The molecule has 7 atom stereocenters. The van der Waals surface area contributed by atoms with Crippen molar-refractivity contribution < 1.29 is 24.2 Å². The summed E-state index contributed by atoms with van der Waals surface area (Å²) in [5.41, 5.74) is -0.145. The average Bonchev–Trinajstić information content (AvgIpc) is 3.75. The summed E-state index contributed by atoms with van der Waals surface area (Å²) in [6.45, 7) is 15.9. The zero-order valence-electron chi connectivity index (χ0n) is 28.2. The van der Waals surface area contributed by atoms with Crippen LogP contribution in [0.15, 0.2) is 79.9 Å². The summed E-state index contributed by atoms with van der Waals surface area (Å²) in [4.78, 5) is 49.6. The van der Waals surface area contributed by atoms with Gasteiger partial charge in [0.1, 0.15) is 23.8 Å². The lowest BCUT2D eigenvalue weighted by atomic mass is 9.62. The van der Waals surface area contributed by atoms with E-state index in [1.807, 2.05) is 82.3 Å². The molecule has 2 aromatic carbocycles. The maximum absolute atomic E-state index is 15.1. The average molecular weight is 655 g/mol. The van der Waals surface area contributed by atoms with Gasteiger partial charge in [0.25, 0.3) is 0 Å². The topological polar surface area (TPSA) is 121 Å². The van der Waals surface area contributed by atoms with E-state index >= 15 is 4.79 Å². The predicted octanol–water partition coefficient (Wildman–Crippen LogP) is 4.04. The minimum Gasteiger partial charge on any atom is -0.394 e. The summed E-state index contributed by atoms with van der Waals surface area (Å²) in [5, 5.41) is 19.3. The zero-order chi connectivity index (χ0) is 34.4. The van der Waals surface area contributed by atoms with Crippen LogP contribution in [0.25, 0.3) is 11.0 Å². The molecule has 0 saturated carbocycles. The van der Waals surface area contributed by atoms with Gasteiger partial charge < -0.3 is 24.5 Å². The van der Waals surface area contributed by atoms with Crippen LogP contribution in [0.1, 0.15) is 40.5 Å². The van der Waals surface area contributed by atoms with Crippen LogP contribution in [-0.2, 0) is 25.8 Å². The highest BCUT2D eigenvalue weighted by atomic mass is 16.5. The molecule has 6 rings (SSSR count). The van der Waals surface area contributed by atoms with Gasteiger partial charge in [0.2, 0.25) is 17.7 Å². The summed E-state index contributed by atoms with van der Waals surface area (Å²) in [6.07, 6.45) is 4.20. The molecule has 1 aromatic heterocycles. The van der Waals surface area contributed by atoms with E-state index in [2.05, 4.69) is 23.5 Å². The van der Waals surface area contributed by atoms with Crippen LogP contribution in [0, 0.1) is 23.7 Å². The highest BCUT2D eigenvalue weighted by molar-refractivity contribution is 6.03. The predicted molar refractivity (Wildman–Crippen MR) is 182 cm³/mol. The Hall–Kier alpha value is -4.35. The molecule has 3 aliphatic heterocycles. The minimum absolute atomic E-state index is 0.0644. The molecule has 48 heavy (non-hydrogen) atoms.